The van der Waals surface area contributed by atoms with Gasteiger partial charge in [-0.25, -0.2) is 0 Å². The Labute approximate surface area is 455 Å². The number of carbonyl (C=O) groups is 2. The largest absolute Gasteiger partial charge is 0.462 e. The van der Waals surface area contributed by atoms with Crippen LogP contribution in [-0.2, 0) is 23.8 Å². The van der Waals surface area contributed by atoms with Crippen molar-refractivity contribution in [2.24, 2.45) is 0 Å². The number of hydrogen-bond acceptors (Lipinski definition) is 5. The Kier molecular flexibility index (Phi) is 58.1. The van der Waals surface area contributed by atoms with Gasteiger partial charge >= 0.3 is 11.9 Å². The zero-order chi connectivity index (χ0) is 53.4. The Hall–Kier alpha value is -5.00. The van der Waals surface area contributed by atoms with Gasteiger partial charge < -0.3 is 14.2 Å². The molecule has 0 heterocycles. The van der Waals surface area contributed by atoms with Crippen LogP contribution < -0.4 is 0 Å². The highest BCUT2D eigenvalue weighted by atomic mass is 16.6. The summed E-state index contributed by atoms with van der Waals surface area (Å²) in [5, 5.41) is 0. The predicted octanol–water partition coefficient (Wildman–Crippen LogP) is 20.6. The molecule has 0 rings (SSSR count). The van der Waals surface area contributed by atoms with Crippen LogP contribution in [0.1, 0.15) is 213 Å². The fourth-order valence-corrected chi connectivity index (χ4v) is 7.16. The first kappa shape index (κ1) is 69.0. The highest BCUT2D eigenvalue weighted by Crippen LogP contribution is 2.11. The predicted molar refractivity (Wildman–Crippen MR) is 324 cm³/mol. The van der Waals surface area contributed by atoms with Crippen molar-refractivity contribution >= 4 is 11.9 Å². The van der Waals surface area contributed by atoms with Crippen LogP contribution in [0.5, 0.6) is 0 Å². The first-order valence-corrected chi connectivity index (χ1v) is 29.3. The van der Waals surface area contributed by atoms with Crippen LogP contribution >= 0.6 is 0 Å². The van der Waals surface area contributed by atoms with Crippen molar-refractivity contribution in [3.63, 3.8) is 0 Å². The zero-order valence-electron chi connectivity index (χ0n) is 47.3. The number of esters is 2. The van der Waals surface area contributed by atoms with Gasteiger partial charge in [0.2, 0.25) is 0 Å². The lowest BCUT2D eigenvalue weighted by Crippen LogP contribution is -2.30. The Bertz CT molecular complexity index is 1720. The minimum atomic E-state index is -0.630. The minimum absolute atomic E-state index is 0.00300. The van der Waals surface area contributed by atoms with Gasteiger partial charge in [0.15, 0.2) is 6.10 Å². The molecule has 0 spiro atoms. The van der Waals surface area contributed by atoms with Gasteiger partial charge in [0.25, 0.3) is 0 Å². The first-order chi connectivity index (χ1) is 36.6. The third-order valence-corrected chi connectivity index (χ3v) is 11.4. The molecule has 0 radical (unpaired) electrons. The highest BCUT2D eigenvalue weighted by molar-refractivity contribution is 5.70. The van der Waals surface area contributed by atoms with Gasteiger partial charge in [-0.3, -0.25) is 9.59 Å². The molecule has 0 aromatic rings. The molecule has 0 aliphatic heterocycles. The molecule has 0 aromatic carbocycles. The van der Waals surface area contributed by atoms with Gasteiger partial charge in [-0.05, 0) is 135 Å². The average molecular weight is 1020 g/mol. The van der Waals surface area contributed by atoms with Crippen molar-refractivity contribution in [3.05, 3.63) is 182 Å². The standard InChI is InChI=1S/C69H106O5/c1-4-7-10-13-16-19-22-25-28-31-34-37-40-43-46-49-52-55-58-61-64-72-65-67(74-69(71)63-60-57-54-51-48-45-42-39-36-33-30-27-24-21-18-15-12-9-6-3)66-73-68(70)62-59-56-53-50-47-44-41-38-35-32-29-26-23-20-17-14-11-8-5-2/h8-9,11-12,16-21,25-30,34-39,44-45,47-48,53-54,56-57,67H,4-7,10,13-15,22-24,31-33,40-43,46,49-52,55,58-66H2,1-3H3/b11-8-,12-9-,19-16-,20-17-,21-18-,28-25-,29-26-,30-27-,37-34-,38-35-,39-36-,47-44-,48-45-,56-53-,57-54-. The Morgan fingerprint density at radius 1 is 0.311 bits per heavy atom. The van der Waals surface area contributed by atoms with Crippen LogP contribution in [0.4, 0.5) is 0 Å². The maximum absolute atomic E-state index is 12.8. The average Bonchev–Trinajstić information content (AvgIpc) is 3.40. The third kappa shape index (κ3) is 59.6. The van der Waals surface area contributed by atoms with E-state index in [4.69, 9.17) is 14.2 Å². The molecule has 0 bridgehead atoms. The van der Waals surface area contributed by atoms with E-state index in [0.29, 0.717) is 19.4 Å². The molecule has 412 valence electrons. The summed E-state index contributed by atoms with van der Waals surface area (Å²) >= 11 is 0. The maximum atomic E-state index is 12.8. The van der Waals surface area contributed by atoms with Crippen LogP contribution in [0.2, 0.25) is 0 Å². The highest BCUT2D eigenvalue weighted by Gasteiger charge is 2.17. The van der Waals surface area contributed by atoms with E-state index in [1.165, 1.54) is 57.8 Å². The van der Waals surface area contributed by atoms with E-state index in [1.54, 1.807) is 0 Å². The van der Waals surface area contributed by atoms with Crippen LogP contribution in [0, 0.1) is 0 Å². The molecule has 0 saturated carbocycles. The summed E-state index contributed by atoms with van der Waals surface area (Å²) in [6, 6.07) is 0. The number of hydrogen-bond donors (Lipinski definition) is 0. The molecule has 0 N–H and O–H groups in total. The van der Waals surface area contributed by atoms with Crippen molar-refractivity contribution in [2.75, 3.05) is 19.8 Å². The number of rotatable bonds is 51. The normalized spacial score (nSPS) is 13.6. The Morgan fingerprint density at radius 3 is 0.973 bits per heavy atom. The maximum Gasteiger partial charge on any atom is 0.306 e. The summed E-state index contributed by atoms with van der Waals surface area (Å²) in [6.45, 7) is 7.36. The lowest BCUT2D eigenvalue weighted by Gasteiger charge is -2.18. The molecule has 0 saturated heterocycles. The van der Waals surface area contributed by atoms with Crippen molar-refractivity contribution in [2.45, 2.75) is 219 Å². The van der Waals surface area contributed by atoms with Gasteiger partial charge in [-0.2, -0.15) is 0 Å². The van der Waals surface area contributed by atoms with E-state index >= 15 is 0 Å². The molecule has 1 atom stereocenters. The van der Waals surface area contributed by atoms with Crippen LogP contribution in [0.15, 0.2) is 182 Å². The minimum Gasteiger partial charge on any atom is -0.462 e. The molecular weight excluding hydrogens is 909 g/mol. The summed E-state index contributed by atoms with van der Waals surface area (Å²) in [7, 11) is 0. The molecule has 5 heteroatoms. The molecule has 1 unspecified atom stereocenters. The quantitative estimate of drug-likeness (QED) is 0.0345. The summed E-state index contributed by atoms with van der Waals surface area (Å²) in [5.41, 5.74) is 0. The van der Waals surface area contributed by atoms with E-state index < -0.39 is 6.10 Å². The monoisotopic (exact) mass is 1010 g/mol. The summed E-state index contributed by atoms with van der Waals surface area (Å²) in [6.07, 6.45) is 95.1. The second-order valence-electron chi connectivity index (χ2n) is 18.4. The summed E-state index contributed by atoms with van der Waals surface area (Å²) < 4.78 is 17.3. The Morgan fingerprint density at radius 2 is 0.608 bits per heavy atom. The van der Waals surface area contributed by atoms with Crippen molar-refractivity contribution in [1.82, 2.24) is 0 Å². The first-order valence-electron chi connectivity index (χ1n) is 29.3. The van der Waals surface area contributed by atoms with Crippen molar-refractivity contribution in [3.8, 4) is 0 Å². The van der Waals surface area contributed by atoms with Crippen LogP contribution in [-0.4, -0.2) is 37.9 Å². The van der Waals surface area contributed by atoms with E-state index in [9.17, 15) is 9.59 Å². The smallest absolute Gasteiger partial charge is 0.306 e. The second-order valence-corrected chi connectivity index (χ2v) is 18.4. The van der Waals surface area contributed by atoms with Gasteiger partial charge in [0, 0.05) is 19.4 Å². The Balaban J connectivity index is 4.58. The molecule has 5 nitrogen and oxygen atoms in total. The zero-order valence-corrected chi connectivity index (χ0v) is 47.3. The van der Waals surface area contributed by atoms with E-state index in [0.717, 1.165) is 109 Å². The van der Waals surface area contributed by atoms with E-state index in [2.05, 4.69) is 191 Å². The fraction of sp³-hybridized carbons (Fsp3) is 0.536. The number of unbranched alkanes of at least 4 members (excludes halogenated alkanes) is 10. The molecule has 0 aliphatic rings. The van der Waals surface area contributed by atoms with Gasteiger partial charge in [0.05, 0.1) is 6.61 Å². The molecule has 0 amide bonds. The van der Waals surface area contributed by atoms with E-state index in [1.807, 2.05) is 12.2 Å². The number of allylic oxidation sites excluding steroid dienone is 30. The van der Waals surface area contributed by atoms with E-state index in [-0.39, 0.29) is 38.0 Å². The van der Waals surface area contributed by atoms with Crippen LogP contribution in [0.3, 0.4) is 0 Å². The van der Waals surface area contributed by atoms with Crippen molar-refractivity contribution < 1.29 is 23.8 Å². The number of carbonyl (C=O) groups excluding carboxylic acids is 2. The molecule has 0 fully saturated rings. The van der Waals surface area contributed by atoms with Crippen LogP contribution in [0.25, 0.3) is 0 Å². The molecule has 0 aliphatic carbocycles. The SMILES string of the molecule is CC/C=C\C/C=C\C/C=C\C/C=C\C/C=C\C/C=C\CCC(=O)OCC(COCCCCCCCCC/C=C\C/C=C\C/C=C\CCCCC)OC(=O)CC/C=C\C/C=C\C/C=C\C/C=C\C/C=C\C/C=C\CC. The topological polar surface area (TPSA) is 61.8 Å². The number of ether oxygens (including phenoxy) is 3. The molecule has 0 aromatic heterocycles. The van der Waals surface area contributed by atoms with Crippen molar-refractivity contribution in [1.29, 1.82) is 0 Å². The summed E-state index contributed by atoms with van der Waals surface area (Å²) in [4.78, 5) is 25.5. The van der Waals surface area contributed by atoms with Gasteiger partial charge in [-0.15, -0.1) is 0 Å². The van der Waals surface area contributed by atoms with Gasteiger partial charge in [-0.1, -0.05) is 248 Å². The molecule has 74 heavy (non-hydrogen) atoms. The lowest BCUT2D eigenvalue weighted by atomic mass is 10.1. The summed E-state index contributed by atoms with van der Waals surface area (Å²) in [5.74, 6) is -0.611. The molecular formula is C69H106O5. The second kappa shape index (κ2) is 62.3. The fourth-order valence-electron chi connectivity index (χ4n) is 7.16. The lowest BCUT2D eigenvalue weighted by molar-refractivity contribution is -0.162. The third-order valence-electron chi connectivity index (χ3n) is 11.4. The van der Waals surface area contributed by atoms with Gasteiger partial charge in [0.1, 0.15) is 6.61 Å².